The Morgan fingerprint density at radius 3 is 1.25 bits per heavy atom. The Hall–Kier alpha value is -4.53. The minimum atomic E-state index is -4.15. The number of anilines is 2. The first-order chi connectivity index (χ1) is 27.0. The molecule has 2 aromatic rings. The van der Waals surface area contributed by atoms with Crippen LogP contribution in [-0.4, -0.2) is 90.9 Å². The number of hydrogen-bond donors (Lipinski definition) is 2. The maximum absolute atomic E-state index is 13.6. The molecule has 14 nitrogen and oxygen atoms in total. The van der Waals surface area contributed by atoms with Gasteiger partial charge in [-0.3, -0.25) is 19.0 Å². The number of ether oxygens (including phenoxy) is 4. The van der Waals surface area contributed by atoms with Gasteiger partial charge in [0, 0.05) is 26.2 Å². The quantitative estimate of drug-likeness (QED) is 0.158. The summed E-state index contributed by atoms with van der Waals surface area (Å²) in [4.78, 5) is 56.1. The van der Waals surface area contributed by atoms with Gasteiger partial charge in [0.2, 0.25) is 0 Å². The van der Waals surface area contributed by atoms with Gasteiger partial charge in [0.15, 0.2) is 0 Å². The largest absolute Gasteiger partial charge is 0.460 e. The van der Waals surface area contributed by atoms with E-state index in [0.717, 1.165) is 0 Å². The molecule has 2 N–H and O–H groups in total. The van der Waals surface area contributed by atoms with Gasteiger partial charge in [-0.15, -0.1) is 0 Å². The number of hydrogen-bond acceptors (Lipinski definition) is 10. The van der Waals surface area contributed by atoms with Crippen molar-refractivity contribution in [3.8, 4) is 0 Å². The van der Waals surface area contributed by atoms with E-state index in [1.807, 2.05) is 12.1 Å². The highest BCUT2D eigenvalue weighted by atomic mass is 32.2. The summed E-state index contributed by atoms with van der Waals surface area (Å²) in [6, 6.07) is 13.7. The molecule has 15 heteroatoms. The molecule has 0 spiro atoms. The van der Waals surface area contributed by atoms with Crippen LogP contribution in [0.25, 0.3) is 0 Å². The van der Waals surface area contributed by atoms with E-state index in [-0.39, 0.29) is 48.0 Å². The van der Waals surface area contributed by atoms with Gasteiger partial charge in [-0.2, -0.15) is 8.42 Å². The van der Waals surface area contributed by atoms with Crippen molar-refractivity contribution in [3.05, 3.63) is 59.7 Å². The van der Waals surface area contributed by atoms with Crippen molar-refractivity contribution in [2.45, 2.75) is 131 Å². The molecule has 2 heterocycles. The van der Waals surface area contributed by atoms with E-state index in [1.165, 1.54) is 0 Å². The van der Waals surface area contributed by atoms with Crippen LogP contribution in [0, 0.1) is 23.7 Å². The molecule has 59 heavy (non-hydrogen) atoms. The zero-order valence-electron chi connectivity index (χ0n) is 37.0. The van der Waals surface area contributed by atoms with Gasteiger partial charge in [0.1, 0.15) is 22.4 Å². The van der Waals surface area contributed by atoms with Crippen LogP contribution in [0.4, 0.5) is 21.0 Å². The molecular formula is C44H66N4O10S. The van der Waals surface area contributed by atoms with E-state index in [2.05, 4.69) is 9.44 Å². The van der Waals surface area contributed by atoms with Crippen LogP contribution in [0.15, 0.2) is 48.5 Å². The van der Waals surface area contributed by atoms with Gasteiger partial charge in [-0.05, 0) is 156 Å². The summed E-state index contributed by atoms with van der Waals surface area (Å²) in [7, 11) is -4.15. The standard InChI is InChI=1S/C44H66N4O10S/c1-41(2,3)55-37(49)35(31-19-21-47(27-31)39(51)57-43(7,8)9)25-29-15-13-17-33(23-29)45-59(53,54)46-34-18-14-16-30(24-34)26-36(38(50)56-42(4,5)6)32-20-22-48(28-32)40(52)58-44(10,11)12/h13-18,23-24,31-32,35-36,45-46H,19-22,25-28H2,1-12H3/t31-,32-,35-,36-/m0/s1. The Bertz CT molecular complexity index is 1790. The number of esters is 2. The topological polar surface area (TPSA) is 170 Å². The van der Waals surface area contributed by atoms with Crippen molar-refractivity contribution in [2.75, 3.05) is 35.6 Å². The summed E-state index contributed by atoms with van der Waals surface area (Å²) in [5.41, 5.74) is -0.758. The normalized spacial score (nSPS) is 18.8. The Balaban J connectivity index is 1.47. The number of amides is 2. The number of benzene rings is 2. The van der Waals surface area contributed by atoms with Crippen molar-refractivity contribution < 1.29 is 46.5 Å². The first-order valence-electron chi connectivity index (χ1n) is 20.4. The number of likely N-dealkylation sites (tertiary alicyclic amines) is 2. The molecular weight excluding hydrogens is 777 g/mol. The van der Waals surface area contributed by atoms with Gasteiger partial charge in [-0.25, -0.2) is 9.59 Å². The average Bonchev–Trinajstić information content (AvgIpc) is 3.74. The molecule has 0 radical (unpaired) electrons. The number of rotatable bonds is 12. The van der Waals surface area contributed by atoms with Gasteiger partial charge in [0.05, 0.1) is 23.2 Å². The van der Waals surface area contributed by atoms with Crippen LogP contribution >= 0.6 is 0 Å². The molecule has 0 unspecified atom stereocenters. The molecule has 328 valence electrons. The molecule has 2 amide bonds. The summed E-state index contributed by atoms with van der Waals surface area (Å²) in [6.07, 6.45) is 0.843. The maximum atomic E-state index is 13.6. The van der Waals surface area contributed by atoms with Crippen molar-refractivity contribution in [2.24, 2.45) is 23.7 Å². The van der Waals surface area contributed by atoms with Crippen molar-refractivity contribution in [1.29, 1.82) is 0 Å². The maximum Gasteiger partial charge on any atom is 0.410 e. The van der Waals surface area contributed by atoms with Gasteiger partial charge < -0.3 is 28.7 Å². The van der Waals surface area contributed by atoms with E-state index in [4.69, 9.17) is 18.9 Å². The smallest absolute Gasteiger partial charge is 0.410 e. The molecule has 0 aromatic heterocycles. The zero-order valence-corrected chi connectivity index (χ0v) is 37.8. The molecule has 2 saturated heterocycles. The third-order valence-corrected chi connectivity index (χ3v) is 10.6. The lowest BCUT2D eigenvalue weighted by Gasteiger charge is -2.28. The van der Waals surface area contributed by atoms with Crippen molar-refractivity contribution in [3.63, 3.8) is 0 Å². The van der Waals surface area contributed by atoms with E-state index < -0.39 is 56.6 Å². The molecule has 2 fully saturated rings. The van der Waals surface area contributed by atoms with E-state index in [1.54, 1.807) is 129 Å². The van der Waals surface area contributed by atoms with E-state index in [9.17, 15) is 27.6 Å². The van der Waals surface area contributed by atoms with Crippen LogP contribution in [0.3, 0.4) is 0 Å². The molecule has 4 rings (SSSR count). The fourth-order valence-corrected chi connectivity index (χ4v) is 8.15. The van der Waals surface area contributed by atoms with Crippen LogP contribution in [0.5, 0.6) is 0 Å². The second kappa shape index (κ2) is 18.4. The Morgan fingerprint density at radius 2 is 0.932 bits per heavy atom. The monoisotopic (exact) mass is 842 g/mol. The molecule has 0 bridgehead atoms. The highest BCUT2D eigenvalue weighted by Crippen LogP contribution is 2.33. The average molecular weight is 843 g/mol. The Morgan fingerprint density at radius 1 is 0.593 bits per heavy atom. The molecule has 0 saturated carbocycles. The van der Waals surface area contributed by atoms with Crippen LogP contribution < -0.4 is 9.44 Å². The third kappa shape index (κ3) is 15.5. The molecule has 2 aliphatic heterocycles. The molecule has 2 aliphatic rings. The van der Waals surface area contributed by atoms with Gasteiger partial charge in [0.25, 0.3) is 0 Å². The lowest BCUT2D eigenvalue weighted by atomic mass is 9.86. The summed E-state index contributed by atoms with van der Waals surface area (Å²) < 4.78 is 55.0. The molecule has 0 aliphatic carbocycles. The predicted molar refractivity (Wildman–Crippen MR) is 227 cm³/mol. The minimum Gasteiger partial charge on any atom is -0.460 e. The number of carbonyl (C=O) groups is 4. The first kappa shape index (κ1) is 47.2. The Labute approximate surface area is 351 Å². The number of carbonyl (C=O) groups excluding carboxylic acids is 4. The van der Waals surface area contributed by atoms with Crippen LogP contribution in [0.1, 0.15) is 107 Å². The van der Waals surface area contributed by atoms with Gasteiger partial charge >= 0.3 is 34.3 Å². The summed E-state index contributed by atoms with van der Waals surface area (Å²) in [5.74, 6) is -2.35. The highest BCUT2D eigenvalue weighted by molar-refractivity contribution is 7.94. The Kier molecular flexibility index (Phi) is 14.7. The van der Waals surface area contributed by atoms with E-state index >= 15 is 0 Å². The number of nitrogens with one attached hydrogen (secondary N) is 2. The van der Waals surface area contributed by atoms with Crippen molar-refractivity contribution in [1.82, 2.24) is 9.80 Å². The van der Waals surface area contributed by atoms with E-state index in [0.29, 0.717) is 50.1 Å². The predicted octanol–water partition coefficient (Wildman–Crippen LogP) is 7.97. The third-order valence-electron chi connectivity index (χ3n) is 9.58. The fraction of sp³-hybridized carbons (Fsp3) is 0.636. The minimum absolute atomic E-state index is 0.195. The van der Waals surface area contributed by atoms with Crippen LogP contribution in [-0.2, 0) is 51.6 Å². The summed E-state index contributed by atoms with van der Waals surface area (Å²) in [6.45, 7) is 23.2. The first-order valence-corrected chi connectivity index (χ1v) is 21.9. The van der Waals surface area contributed by atoms with Crippen molar-refractivity contribution >= 4 is 45.7 Å². The number of nitrogens with zero attached hydrogens (tertiary/aromatic N) is 2. The fourth-order valence-electron chi connectivity index (χ4n) is 7.22. The van der Waals surface area contributed by atoms with Crippen LogP contribution in [0.2, 0.25) is 0 Å². The summed E-state index contributed by atoms with van der Waals surface area (Å²) in [5, 5.41) is 0. The second-order valence-corrected chi connectivity index (χ2v) is 21.2. The van der Waals surface area contributed by atoms with Gasteiger partial charge in [-0.1, -0.05) is 24.3 Å². The second-order valence-electron chi connectivity index (χ2n) is 19.7. The lowest BCUT2D eigenvalue weighted by molar-refractivity contribution is -0.163. The lowest BCUT2D eigenvalue weighted by Crippen LogP contribution is -2.38. The highest BCUT2D eigenvalue weighted by Gasteiger charge is 2.41. The summed E-state index contributed by atoms with van der Waals surface area (Å²) >= 11 is 0. The SMILES string of the molecule is CC(C)(C)OC(=O)[C@@H](Cc1cccc(NS(=O)(=O)Nc2cccc(C[C@H](C(=O)OC(C)(C)C)[C@H]3CCN(C(=O)OC(C)(C)C)C3)c2)c1)[C@H]1CCN(C(=O)OC(C)(C)C)C1. The zero-order chi connectivity index (χ0) is 44.1. The molecule has 2 aromatic carbocycles. The molecule has 4 atom stereocenters.